The fraction of sp³-hybridized carbons (Fsp3) is 0.447. The van der Waals surface area contributed by atoms with Crippen LogP contribution in [-0.2, 0) is 14.3 Å². The number of hydrogen-bond donors (Lipinski definition) is 2. The normalized spacial score (nSPS) is 23.4. The predicted molar refractivity (Wildman–Crippen MR) is 188 cm³/mol. The number of carbonyl (C=O) groups excluding carboxylic acids is 4. The number of rotatable bonds is 10. The van der Waals surface area contributed by atoms with E-state index in [4.69, 9.17) is 19.8 Å². The number of nitrogens with zero attached hydrogens (tertiary/aromatic N) is 6. The molecule has 2 saturated heterocycles. The Morgan fingerprint density at radius 3 is 2.53 bits per heavy atom. The van der Waals surface area contributed by atoms with Crippen LogP contribution in [-0.4, -0.2) is 87.2 Å². The zero-order valence-corrected chi connectivity index (χ0v) is 28.3. The van der Waals surface area contributed by atoms with Crippen molar-refractivity contribution in [1.82, 2.24) is 30.0 Å². The van der Waals surface area contributed by atoms with Crippen molar-refractivity contribution < 1.29 is 23.9 Å². The van der Waals surface area contributed by atoms with Gasteiger partial charge in [0.05, 0.1) is 59.0 Å². The van der Waals surface area contributed by atoms with Crippen LogP contribution < -0.4 is 15.5 Å². The summed E-state index contributed by atoms with van der Waals surface area (Å²) in [6.45, 7) is 3.98. The summed E-state index contributed by atoms with van der Waals surface area (Å²) in [6, 6.07) is 10.9. The highest BCUT2D eigenvalue weighted by atomic mass is 16.5. The number of morpholine rings is 1. The maximum Gasteiger partial charge on any atom is 0.262 e. The second-order valence-electron chi connectivity index (χ2n) is 14.5. The second kappa shape index (κ2) is 12.9. The Morgan fingerprint density at radius 1 is 0.902 bits per heavy atom. The van der Waals surface area contributed by atoms with E-state index in [1.54, 1.807) is 18.2 Å². The molecule has 9 rings (SSSR count). The van der Waals surface area contributed by atoms with Crippen molar-refractivity contribution in [2.24, 2.45) is 5.92 Å². The minimum atomic E-state index is -0.965. The Bertz CT molecular complexity index is 2060. The molecule has 2 aliphatic carbocycles. The molecule has 4 aromatic rings. The maximum absolute atomic E-state index is 13.2. The van der Waals surface area contributed by atoms with Gasteiger partial charge in [-0.1, -0.05) is 0 Å². The zero-order chi connectivity index (χ0) is 34.6. The van der Waals surface area contributed by atoms with Crippen molar-refractivity contribution in [1.29, 1.82) is 0 Å². The first-order valence-electron chi connectivity index (χ1n) is 18.2. The number of amides is 4. The van der Waals surface area contributed by atoms with Crippen LogP contribution in [0.25, 0.3) is 22.3 Å². The standard InChI is InChI=1S/C38H40N8O5/c47-34-10-9-33(36(48)42-34)46-37(49)27-7-5-24(18-28(27)38(46)50)39-11-1-2-22-16-26(17-22)45-21-29(35(43-45)23-3-4-23)32-20-40-30-8-6-25(19-31(30)41-32)44-12-14-51-15-13-44/h5-8,18-23,26,33,39H,1-4,9-17H2,(H,42,47,48)/t22-,26-,33?. The molecule has 1 unspecified atom stereocenters. The monoisotopic (exact) mass is 688 g/mol. The van der Waals surface area contributed by atoms with Crippen molar-refractivity contribution >= 4 is 46.0 Å². The molecule has 0 spiro atoms. The lowest BCUT2D eigenvalue weighted by Gasteiger charge is -2.35. The van der Waals surface area contributed by atoms with Gasteiger partial charge in [-0.15, -0.1) is 0 Å². The highest BCUT2D eigenvalue weighted by molar-refractivity contribution is 6.23. The minimum absolute atomic E-state index is 0.0976. The summed E-state index contributed by atoms with van der Waals surface area (Å²) in [5.41, 5.74) is 7.42. The topological polar surface area (TPSA) is 152 Å². The fourth-order valence-corrected chi connectivity index (χ4v) is 7.95. The van der Waals surface area contributed by atoms with Crippen LogP contribution in [0.1, 0.15) is 89.7 Å². The molecule has 3 aliphatic heterocycles. The first kappa shape index (κ1) is 31.8. The van der Waals surface area contributed by atoms with E-state index in [0.29, 0.717) is 17.9 Å². The van der Waals surface area contributed by atoms with Crippen molar-refractivity contribution in [3.8, 4) is 11.3 Å². The highest BCUT2D eigenvalue weighted by Crippen LogP contribution is 2.46. The van der Waals surface area contributed by atoms with E-state index in [1.165, 1.54) is 12.8 Å². The molecule has 0 radical (unpaired) electrons. The molecule has 5 heterocycles. The average Bonchev–Trinajstić information content (AvgIpc) is 3.84. The van der Waals surface area contributed by atoms with Gasteiger partial charge >= 0.3 is 0 Å². The summed E-state index contributed by atoms with van der Waals surface area (Å²) in [4.78, 5) is 63.3. The molecule has 4 fully saturated rings. The van der Waals surface area contributed by atoms with Gasteiger partial charge in [0.25, 0.3) is 11.8 Å². The lowest BCUT2D eigenvalue weighted by atomic mass is 9.77. The summed E-state index contributed by atoms with van der Waals surface area (Å²) in [6.07, 6.45) is 10.9. The number of benzene rings is 2. The van der Waals surface area contributed by atoms with Crippen LogP contribution in [0.4, 0.5) is 11.4 Å². The van der Waals surface area contributed by atoms with Crippen molar-refractivity contribution in [2.45, 2.75) is 69.4 Å². The third-order valence-electron chi connectivity index (χ3n) is 11.0. The molecule has 4 amide bonds. The molecular formula is C38H40N8O5. The molecule has 51 heavy (non-hydrogen) atoms. The molecule has 2 N–H and O–H groups in total. The minimum Gasteiger partial charge on any atom is -0.385 e. The number of aromatic nitrogens is 4. The van der Waals surface area contributed by atoms with E-state index in [2.05, 4.69) is 44.6 Å². The number of fused-ring (bicyclic) bond motifs is 2. The lowest BCUT2D eigenvalue weighted by Crippen LogP contribution is -2.54. The van der Waals surface area contributed by atoms with Crippen LogP contribution in [0.2, 0.25) is 0 Å². The van der Waals surface area contributed by atoms with Crippen molar-refractivity contribution in [3.05, 3.63) is 65.6 Å². The maximum atomic E-state index is 13.2. The van der Waals surface area contributed by atoms with Crippen molar-refractivity contribution in [3.63, 3.8) is 0 Å². The van der Waals surface area contributed by atoms with Crippen LogP contribution in [0.5, 0.6) is 0 Å². The summed E-state index contributed by atoms with van der Waals surface area (Å²) < 4.78 is 7.71. The number of piperidine rings is 1. The van der Waals surface area contributed by atoms with Crippen LogP contribution in [0.3, 0.4) is 0 Å². The van der Waals surface area contributed by atoms with Crippen LogP contribution in [0, 0.1) is 5.92 Å². The Balaban J connectivity index is 0.800. The molecule has 1 atom stereocenters. The largest absolute Gasteiger partial charge is 0.385 e. The Labute approximate surface area is 294 Å². The lowest BCUT2D eigenvalue weighted by molar-refractivity contribution is -0.136. The van der Waals surface area contributed by atoms with Crippen LogP contribution in [0.15, 0.2) is 48.8 Å². The van der Waals surface area contributed by atoms with Gasteiger partial charge in [-0.3, -0.25) is 39.1 Å². The Morgan fingerprint density at radius 2 is 1.73 bits per heavy atom. The summed E-state index contributed by atoms with van der Waals surface area (Å²) in [5.74, 6) is -0.868. The summed E-state index contributed by atoms with van der Waals surface area (Å²) in [5, 5.41) is 10.8. The van der Waals surface area contributed by atoms with Gasteiger partial charge in [-0.05, 0) is 87.3 Å². The highest BCUT2D eigenvalue weighted by Gasteiger charge is 2.44. The van der Waals surface area contributed by atoms with Gasteiger partial charge in [0.1, 0.15) is 6.04 Å². The van der Waals surface area contributed by atoms with E-state index in [-0.39, 0.29) is 29.9 Å². The van der Waals surface area contributed by atoms with Gasteiger partial charge < -0.3 is 15.0 Å². The van der Waals surface area contributed by atoms with E-state index >= 15 is 0 Å². The van der Waals surface area contributed by atoms with E-state index in [1.807, 2.05) is 6.20 Å². The van der Waals surface area contributed by atoms with E-state index in [0.717, 1.165) is 103 Å². The SMILES string of the molecule is O=C1CCC(N2C(=O)c3ccc(NCCC[C@H]4C[C@H](n5cc(-c6cnc7ccc(N8CCOCC8)cc7n6)c(C6CC6)n5)C4)cc3C2=O)C(=O)N1. The van der Waals surface area contributed by atoms with Crippen molar-refractivity contribution in [2.75, 3.05) is 43.1 Å². The molecule has 13 heteroatoms. The number of ether oxygens (including phenoxy) is 1. The van der Waals surface area contributed by atoms with Gasteiger partial charge in [-0.25, -0.2) is 4.98 Å². The summed E-state index contributed by atoms with van der Waals surface area (Å²) in [7, 11) is 0. The van der Waals surface area contributed by atoms with Gasteiger partial charge in [-0.2, -0.15) is 5.10 Å². The first-order valence-corrected chi connectivity index (χ1v) is 18.2. The smallest absolute Gasteiger partial charge is 0.262 e. The third-order valence-corrected chi connectivity index (χ3v) is 11.0. The fourth-order valence-electron chi connectivity index (χ4n) is 7.95. The van der Waals surface area contributed by atoms with E-state index < -0.39 is 23.8 Å². The average molecular weight is 689 g/mol. The number of imide groups is 2. The number of anilines is 2. The van der Waals surface area contributed by atoms with Gasteiger partial charge in [0.2, 0.25) is 11.8 Å². The molecule has 0 bridgehead atoms. The van der Waals surface area contributed by atoms with E-state index in [9.17, 15) is 19.2 Å². The molecular weight excluding hydrogens is 648 g/mol. The number of nitrogens with one attached hydrogen (secondary N) is 2. The second-order valence-corrected chi connectivity index (χ2v) is 14.5. The molecule has 2 aromatic heterocycles. The zero-order valence-electron chi connectivity index (χ0n) is 28.3. The first-order chi connectivity index (χ1) is 24.9. The Kier molecular flexibility index (Phi) is 8.02. The summed E-state index contributed by atoms with van der Waals surface area (Å²) >= 11 is 0. The molecule has 5 aliphatic rings. The third kappa shape index (κ3) is 6.02. The molecule has 13 nitrogen and oxygen atoms in total. The number of hydrogen-bond acceptors (Lipinski definition) is 10. The molecule has 2 saturated carbocycles. The van der Waals surface area contributed by atoms with Gasteiger partial charge in [0.15, 0.2) is 0 Å². The van der Waals surface area contributed by atoms with Crippen LogP contribution >= 0.6 is 0 Å². The molecule has 2 aromatic carbocycles. The predicted octanol–water partition coefficient (Wildman–Crippen LogP) is 4.45. The quantitative estimate of drug-likeness (QED) is 0.181. The number of carbonyl (C=O) groups is 4. The molecule has 262 valence electrons. The Hall–Kier alpha value is -5.17. The van der Waals surface area contributed by atoms with Gasteiger partial charge in [0, 0.05) is 55.1 Å².